The minimum absolute atomic E-state index is 0.0229. The van der Waals surface area contributed by atoms with Gasteiger partial charge in [-0.05, 0) is 25.1 Å². The third-order valence-corrected chi connectivity index (χ3v) is 5.40. The molecule has 1 atom stereocenters. The van der Waals surface area contributed by atoms with Crippen LogP contribution in [0.15, 0.2) is 47.4 Å². The van der Waals surface area contributed by atoms with Gasteiger partial charge in [-0.3, -0.25) is 0 Å². The van der Waals surface area contributed by atoms with Crippen molar-refractivity contribution in [2.45, 2.75) is 17.1 Å². The van der Waals surface area contributed by atoms with Crippen molar-refractivity contribution in [1.82, 2.24) is 0 Å². The summed E-state index contributed by atoms with van der Waals surface area (Å²) >= 11 is 0. The molecule has 2 aromatic rings. The number of rotatable bonds is 3. The minimum atomic E-state index is -3.84. The van der Waals surface area contributed by atoms with Gasteiger partial charge in [0, 0.05) is 5.56 Å². The molecule has 0 amide bonds. The van der Waals surface area contributed by atoms with Crippen molar-refractivity contribution >= 4 is 9.84 Å². The van der Waals surface area contributed by atoms with Gasteiger partial charge in [-0.25, -0.2) is 8.42 Å². The number of para-hydroxylation sites is 1. The summed E-state index contributed by atoms with van der Waals surface area (Å²) < 4.78 is 36.1. The van der Waals surface area contributed by atoms with E-state index in [1.54, 1.807) is 30.3 Å². The molecule has 6 heteroatoms. The fourth-order valence-electron chi connectivity index (χ4n) is 2.33. The Morgan fingerprint density at radius 2 is 1.86 bits per heavy atom. The Hall–Kier alpha value is -2.52. The molecule has 1 aliphatic heterocycles. The number of ether oxygens (including phenoxy) is 2. The van der Waals surface area contributed by atoms with Crippen molar-refractivity contribution in [3.63, 3.8) is 0 Å². The van der Waals surface area contributed by atoms with Crippen molar-refractivity contribution < 1.29 is 17.9 Å². The van der Waals surface area contributed by atoms with Crippen molar-refractivity contribution in [1.29, 1.82) is 5.26 Å². The summed E-state index contributed by atoms with van der Waals surface area (Å²) in [5.74, 6) is 0.779. The topological polar surface area (TPSA) is 76.4 Å². The summed E-state index contributed by atoms with van der Waals surface area (Å²) in [6.45, 7) is 1.89. The van der Waals surface area contributed by atoms with Gasteiger partial charge in [-0.2, -0.15) is 5.26 Å². The smallest absolute Gasteiger partial charge is 0.231 e. The van der Waals surface area contributed by atoms with Gasteiger partial charge in [0.25, 0.3) is 0 Å². The number of hydrogen-bond donors (Lipinski definition) is 0. The van der Waals surface area contributed by atoms with Crippen molar-refractivity contribution in [2.24, 2.45) is 0 Å². The second-order valence-electron chi connectivity index (χ2n) is 4.95. The standard InChI is InChI=1S/C16H13NO4S/c1-11-5-7-12(8-6-11)22(18,19)15(9-17)13-3-2-4-14-16(13)21-10-20-14/h2-8,15H,10H2,1H3. The monoisotopic (exact) mass is 315 g/mol. The van der Waals surface area contributed by atoms with Crippen LogP contribution < -0.4 is 9.47 Å². The molecule has 1 heterocycles. The van der Waals surface area contributed by atoms with E-state index >= 15 is 0 Å². The van der Waals surface area contributed by atoms with E-state index in [0.717, 1.165) is 5.56 Å². The zero-order valence-corrected chi connectivity index (χ0v) is 12.6. The molecule has 22 heavy (non-hydrogen) atoms. The Bertz CT molecular complexity index is 851. The van der Waals surface area contributed by atoms with Crippen LogP contribution in [0.5, 0.6) is 11.5 Å². The summed E-state index contributed by atoms with van der Waals surface area (Å²) in [4.78, 5) is 0.112. The molecule has 1 aliphatic rings. The number of fused-ring (bicyclic) bond motifs is 1. The number of hydrogen-bond acceptors (Lipinski definition) is 5. The Labute approximate surface area is 128 Å². The molecule has 0 aromatic heterocycles. The third-order valence-electron chi connectivity index (χ3n) is 3.49. The van der Waals surface area contributed by atoms with E-state index in [1.807, 2.05) is 13.0 Å². The highest BCUT2D eigenvalue weighted by molar-refractivity contribution is 7.92. The maximum Gasteiger partial charge on any atom is 0.231 e. The highest BCUT2D eigenvalue weighted by atomic mass is 32.2. The van der Waals surface area contributed by atoms with Crippen molar-refractivity contribution in [3.05, 3.63) is 53.6 Å². The van der Waals surface area contributed by atoms with Crippen LogP contribution in [-0.4, -0.2) is 15.2 Å². The van der Waals surface area contributed by atoms with Crippen LogP contribution in [0.4, 0.5) is 0 Å². The van der Waals surface area contributed by atoms with Crippen molar-refractivity contribution in [2.75, 3.05) is 6.79 Å². The summed E-state index contributed by atoms with van der Waals surface area (Å²) in [5.41, 5.74) is 1.25. The summed E-state index contributed by atoms with van der Waals surface area (Å²) in [5, 5.41) is 8.10. The number of aryl methyl sites for hydroxylation is 1. The van der Waals surface area contributed by atoms with Gasteiger partial charge in [0.15, 0.2) is 26.6 Å². The Balaban J connectivity index is 2.11. The molecular formula is C16H13NO4S. The molecule has 0 fully saturated rings. The first-order chi connectivity index (χ1) is 10.5. The molecule has 112 valence electrons. The molecule has 1 unspecified atom stereocenters. The van der Waals surface area contributed by atoms with Crippen molar-refractivity contribution in [3.8, 4) is 17.6 Å². The van der Waals surface area contributed by atoms with Crippen LogP contribution in [0.2, 0.25) is 0 Å². The molecule has 0 aliphatic carbocycles. The van der Waals surface area contributed by atoms with Gasteiger partial charge in [0.1, 0.15) is 0 Å². The lowest BCUT2D eigenvalue weighted by Crippen LogP contribution is -2.13. The largest absolute Gasteiger partial charge is 0.454 e. The quantitative estimate of drug-likeness (QED) is 0.870. The predicted octanol–water partition coefficient (Wildman–Crippen LogP) is 2.76. The molecule has 5 nitrogen and oxygen atoms in total. The van der Waals surface area contributed by atoms with Crippen LogP contribution >= 0.6 is 0 Å². The van der Waals surface area contributed by atoms with Crippen LogP contribution in [0.25, 0.3) is 0 Å². The SMILES string of the molecule is Cc1ccc(S(=O)(=O)C(C#N)c2cccc3c2OCO3)cc1. The van der Waals surface area contributed by atoms with E-state index in [1.165, 1.54) is 12.1 Å². The lowest BCUT2D eigenvalue weighted by Gasteiger charge is -2.13. The lowest BCUT2D eigenvalue weighted by molar-refractivity contribution is 0.173. The van der Waals surface area contributed by atoms with Gasteiger partial charge in [0.05, 0.1) is 11.0 Å². The molecule has 0 N–H and O–H groups in total. The Morgan fingerprint density at radius 3 is 2.55 bits per heavy atom. The lowest BCUT2D eigenvalue weighted by atomic mass is 10.1. The molecule has 0 saturated carbocycles. The zero-order valence-electron chi connectivity index (χ0n) is 11.8. The Kier molecular flexibility index (Phi) is 3.51. The Morgan fingerprint density at radius 1 is 1.14 bits per heavy atom. The first-order valence-corrected chi connectivity index (χ1v) is 8.17. The molecule has 0 radical (unpaired) electrons. The molecule has 2 aromatic carbocycles. The number of sulfone groups is 1. The molecular weight excluding hydrogens is 302 g/mol. The van der Waals surface area contributed by atoms with Crippen LogP contribution in [-0.2, 0) is 9.84 Å². The average Bonchev–Trinajstić information content (AvgIpc) is 2.97. The predicted molar refractivity (Wildman–Crippen MR) is 79.3 cm³/mol. The molecule has 0 spiro atoms. The summed E-state index contributed by atoms with van der Waals surface area (Å²) in [6, 6.07) is 13.2. The van der Waals surface area contributed by atoms with Gasteiger partial charge < -0.3 is 9.47 Å². The van der Waals surface area contributed by atoms with Gasteiger partial charge in [-0.1, -0.05) is 29.8 Å². The van der Waals surface area contributed by atoms with Crippen LogP contribution in [0.3, 0.4) is 0 Å². The first-order valence-electron chi connectivity index (χ1n) is 6.63. The third kappa shape index (κ3) is 2.30. The fourth-order valence-corrected chi connectivity index (χ4v) is 3.78. The second kappa shape index (κ2) is 5.35. The summed E-state index contributed by atoms with van der Waals surface area (Å²) in [6.07, 6.45) is 0. The number of benzene rings is 2. The fraction of sp³-hybridized carbons (Fsp3) is 0.188. The first kappa shape index (κ1) is 14.4. The zero-order chi connectivity index (χ0) is 15.7. The van der Waals surface area contributed by atoms with Crippen LogP contribution in [0.1, 0.15) is 16.4 Å². The van der Waals surface area contributed by atoms with Gasteiger partial charge in [0.2, 0.25) is 6.79 Å². The number of nitriles is 1. The van der Waals surface area contributed by atoms with Gasteiger partial charge >= 0.3 is 0 Å². The maximum absolute atomic E-state index is 12.8. The van der Waals surface area contributed by atoms with Crippen LogP contribution in [0, 0.1) is 18.3 Å². The normalized spacial score (nSPS) is 14.4. The van der Waals surface area contributed by atoms with E-state index in [9.17, 15) is 13.7 Å². The minimum Gasteiger partial charge on any atom is -0.454 e. The van der Waals surface area contributed by atoms with E-state index in [0.29, 0.717) is 17.1 Å². The number of nitrogens with zero attached hydrogens (tertiary/aromatic N) is 1. The van der Waals surface area contributed by atoms with E-state index in [2.05, 4.69) is 0 Å². The van der Waals surface area contributed by atoms with E-state index in [4.69, 9.17) is 9.47 Å². The van der Waals surface area contributed by atoms with E-state index in [-0.39, 0.29) is 11.7 Å². The summed E-state index contributed by atoms with van der Waals surface area (Å²) in [7, 11) is -3.84. The van der Waals surface area contributed by atoms with Gasteiger partial charge in [-0.15, -0.1) is 0 Å². The highest BCUT2D eigenvalue weighted by Crippen LogP contribution is 2.42. The molecule has 0 bridgehead atoms. The average molecular weight is 315 g/mol. The molecule has 0 saturated heterocycles. The maximum atomic E-state index is 12.8. The van der Waals surface area contributed by atoms with E-state index < -0.39 is 15.1 Å². The second-order valence-corrected chi connectivity index (χ2v) is 6.98. The molecule has 3 rings (SSSR count). The highest BCUT2D eigenvalue weighted by Gasteiger charge is 2.34.